The van der Waals surface area contributed by atoms with Crippen LogP contribution in [0.4, 0.5) is 0 Å². The standard InChI is InChI=1S/C17H25ClN4O2.HI/c1-19-17(22(2)11-13-7-10-24-12-13)21-9-8-20-16(23)14-3-5-15(18)6-4-14;/h3-6,13H,7-12H2,1-2H3,(H,19,21)(H,20,23);1H. The molecule has 6 nitrogen and oxygen atoms in total. The highest BCUT2D eigenvalue weighted by Gasteiger charge is 2.18. The number of halogens is 2. The molecule has 1 aliphatic rings. The molecule has 2 N–H and O–H groups in total. The normalized spacial score (nSPS) is 16.9. The molecular formula is C17H26ClIN4O2. The first-order valence-electron chi connectivity index (χ1n) is 8.13. The van der Waals surface area contributed by atoms with Gasteiger partial charge in [-0.15, -0.1) is 24.0 Å². The van der Waals surface area contributed by atoms with Crippen molar-refractivity contribution in [2.75, 3.05) is 46.9 Å². The van der Waals surface area contributed by atoms with Crippen molar-refractivity contribution in [3.63, 3.8) is 0 Å². The summed E-state index contributed by atoms with van der Waals surface area (Å²) >= 11 is 5.82. The molecule has 1 heterocycles. The molecule has 0 radical (unpaired) electrons. The maximum atomic E-state index is 12.0. The van der Waals surface area contributed by atoms with Crippen LogP contribution in [0.25, 0.3) is 0 Å². The lowest BCUT2D eigenvalue weighted by molar-refractivity contribution is 0.0954. The van der Waals surface area contributed by atoms with Crippen LogP contribution < -0.4 is 10.6 Å². The summed E-state index contributed by atoms with van der Waals surface area (Å²) in [6.45, 7) is 3.70. The van der Waals surface area contributed by atoms with Gasteiger partial charge in [-0.05, 0) is 30.7 Å². The number of nitrogens with zero attached hydrogens (tertiary/aromatic N) is 2. The highest BCUT2D eigenvalue weighted by atomic mass is 127. The highest BCUT2D eigenvalue weighted by molar-refractivity contribution is 14.0. The van der Waals surface area contributed by atoms with Crippen LogP contribution >= 0.6 is 35.6 Å². The van der Waals surface area contributed by atoms with E-state index in [9.17, 15) is 4.79 Å². The van der Waals surface area contributed by atoms with Gasteiger partial charge in [0.25, 0.3) is 5.91 Å². The van der Waals surface area contributed by atoms with Crippen LogP contribution in [0.5, 0.6) is 0 Å². The van der Waals surface area contributed by atoms with E-state index >= 15 is 0 Å². The minimum atomic E-state index is -0.111. The number of benzene rings is 1. The smallest absolute Gasteiger partial charge is 0.251 e. The fraction of sp³-hybridized carbons (Fsp3) is 0.529. The molecule has 1 aliphatic heterocycles. The van der Waals surface area contributed by atoms with Crippen molar-refractivity contribution in [3.8, 4) is 0 Å². The Balaban J connectivity index is 0.00000312. The first-order valence-corrected chi connectivity index (χ1v) is 8.51. The van der Waals surface area contributed by atoms with Crippen LogP contribution in [0.3, 0.4) is 0 Å². The Morgan fingerprint density at radius 2 is 2.00 bits per heavy atom. The van der Waals surface area contributed by atoms with Crippen molar-refractivity contribution in [3.05, 3.63) is 34.9 Å². The second-order valence-corrected chi connectivity index (χ2v) is 6.28. The van der Waals surface area contributed by atoms with Crippen molar-refractivity contribution in [1.82, 2.24) is 15.5 Å². The molecule has 0 aromatic heterocycles. The Labute approximate surface area is 171 Å². The molecule has 1 fully saturated rings. The van der Waals surface area contributed by atoms with Gasteiger partial charge in [-0.1, -0.05) is 11.6 Å². The maximum Gasteiger partial charge on any atom is 0.251 e. The summed E-state index contributed by atoms with van der Waals surface area (Å²) in [5.74, 6) is 1.26. The van der Waals surface area contributed by atoms with Crippen molar-refractivity contribution >= 4 is 47.4 Å². The number of aliphatic imine (C=N–C) groups is 1. The SMILES string of the molecule is CN=C(NCCNC(=O)c1ccc(Cl)cc1)N(C)CC1CCOC1.I. The van der Waals surface area contributed by atoms with Gasteiger partial charge in [-0.3, -0.25) is 9.79 Å². The number of ether oxygens (including phenoxy) is 1. The number of guanidine groups is 1. The fourth-order valence-corrected chi connectivity index (χ4v) is 2.77. The average Bonchev–Trinajstić information content (AvgIpc) is 3.08. The van der Waals surface area contributed by atoms with Gasteiger partial charge in [-0.2, -0.15) is 0 Å². The van der Waals surface area contributed by atoms with Crippen LogP contribution in [0.2, 0.25) is 5.02 Å². The summed E-state index contributed by atoms with van der Waals surface area (Å²) in [5.41, 5.74) is 0.599. The second kappa shape index (κ2) is 11.5. The molecule has 1 saturated heterocycles. The number of amides is 1. The number of rotatable bonds is 6. The molecule has 1 aromatic rings. The van der Waals surface area contributed by atoms with Gasteiger partial charge < -0.3 is 20.3 Å². The summed E-state index contributed by atoms with van der Waals surface area (Å²) < 4.78 is 5.40. The van der Waals surface area contributed by atoms with Crippen LogP contribution in [0.1, 0.15) is 16.8 Å². The Kier molecular flexibility index (Phi) is 10.1. The molecular weight excluding hydrogens is 455 g/mol. The summed E-state index contributed by atoms with van der Waals surface area (Å²) in [7, 11) is 3.77. The molecule has 140 valence electrons. The van der Waals surface area contributed by atoms with E-state index in [-0.39, 0.29) is 29.9 Å². The largest absolute Gasteiger partial charge is 0.381 e. The molecule has 1 unspecified atom stereocenters. The lowest BCUT2D eigenvalue weighted by Gasteiger charge is -2.24. The summed E-state index contributed by atoms with van der Waals surface area (Å²) in [5, 5.41) is 6.75. The molecule has 2 rings (SSSR count). The topological polar surface area (TPSA) is 66.0 Å². The number of hydrogen-bond acceptors (Lipinski definition) is 3. The molecule has 0 aliphatic carbocycles. The minimum absolute atomic E-state index is 0. The molecule has 0 spiro atoms. The first kappa shape index (κ1) is 22.0. The molecule has 1 aromatic carbocycles. The maximum absolute atomic E-state index is 12.0. The monoisotopic (exact) mass is 480 g/mol. The lowest BCUT2D eigenvalue weighted by atomic mass is 10.1. The van der Waals surface area contributed by atoms with Crippen molar-refractivity contribution in [2.45, 2.75) is 6.42 Å². The summed E-state index contributed by atoms with van der Waals surface area (Å²) in [6, 6.07) is 6.83. The summed E-state index contributed by atoms with van der Waals surface area (Å²) in [4.78, 5) is 18.4. The van der Waals surface area contributed by atoms with Crippen molar-refractivity contribution in [2.24, 2.45) is 10.9 Å². The number of carbonyl (C=O) groups is 1. The Morgan fingerprint density at radius 1 is 1.32 bits per heavy atom. The number of hydrogen-bond donors (Lipinski definition) is 2. The van der Waals surface area contributed by atoms with E-state index in [1.54, 1.807) is 31.3 Å². The van der Waals surface area contributed by atoms with E-state index in [1.165, 1.54) is 0 Å². The zero-order valence-corrected chi connectivity index (χ0v) is 17.7. The third-order valence-electron chi connectivity index (χ3n) is 3.93. The van der Waals surface area contributed by atoms with Crippen LogP contribution in [0, 0.1) is 5.92 Å². The Bertz CT molecular complexity index is 562. The van der Waals surface area contributed by atoms with E-state index in [2.05, 4.69) is 20.5 Å². The first-order chi connectivity index (χ1) is 11.6. The zero-order chi connectivity index (χ0) is 17.4. The van der Waals surface area contributed by atoms with Gasteiger partial charge >= 0.3 is 0 Å². The van der Waals surface area contributed by atoms with Crippen molar-refractivity contribution < 1.29 is 9.53 Å². The van der Waals surface area contributed by atoms with Gasteiger partial charge in [0.2, 0.25) is 0 Å². The third kappa shape index (κ3) is 7.37. The van der Waals surface area contributed by atoms with E-state index < -0.39 is 0 Å². The minimum Gasteiger partial charge on any atom is -0.381 e. The highest BCUT2D eigenvalue weighted by Crippen LogP contribution is 2.13. The number of carbonyl (C=O) groups excluding carboxylic acids is 1. The summed E-state index contributed by atoms with van der Waals surface area (Å²) in [6.07, 6.45) is 1.10. The second-order valence-electron chi connectivity index (χ2n) is 5.85. The van der Waals surface area contributed by atoms with Gasteiger partial charge in [0, 0.05) is 56.8 Å². The quantitative estimate of drug-likeness (QED) is 0.284. The molecule has 25 heavy (non-hydrogen) atoms. The molecule has 1 amide bonds. The number of nitrogens with one attached hydrogen (secondary N) is 2. The molecule has 1 atom stereocenters. The lowest BCUT2D eigenvalue weighted by Crippen LogP contribution is -2.44. The Morgan fingerprint density at radius 3 is 2.60 bits per heavy atom. The zero-order valence-electron chi connectivity index (χ0n) is 14.6. The predicted octanol–water partition coefficient (Wildman–Crippen LogP) is 2.23. The van der Waals surface area contributed by atoms with E-state index in [0.29, 0.717) is 29.6 Å². The van der Waals surface area contributed by atoms with Gasteiger partial charge in [0.05, 0.1) is 6.61 Å². The van der Waals surface area contributed by atoms with Gasteiger partial charge in [-0.25, -0.2) is 0 Å². The van der Waals surface area contributed by atoms with Crippen LogP contribution in [-0.4, -0.2) is 63.7 Å². The average molecular weight is 481 g/mol. The van der Waals surface area contributed by atoms with E-state index in [4.69, 9.17) is 16.3 Å². The molecule has 0 saturated carbocycles. The van der Waals surface area contributed by atoms with Gasteiger partial charge in [0.15, 0.2) is 5.96 Å². The van der Waals surface area contributed by atoms with Crippen molar-refractivity contribution in [1.29, 1.82) is 0 Å². The fourth-order valence-electron chi connectivity index (χ4n) is 2.64. The predicted molar refractivity (Wildman–Crippen MR) is 112 cm³/mol. The van der Waals surface area contributed by atoms with Crippen LogP contribution in [-0.2, 0) is 4.74 Å². The Hall–Kier alpha value is -1.06. The van der Waals surface area contributed by atoms with E-state index in [0.717, 1.165) is 32.1 Å². The molecule has 8 heteroatoms. The third-order valence-corrected chi connectivity index (χ3v) is 4.18. The van der Waals surface area contributed by atoms with E-state index in [1.807, 2.05) is 7.05 Å². The van der Waals surface area contributed by atoms with Gasteiger partial charge in [0.1, 0.15) is 0 Å². The van der Waals surface area contributed by atoms with Crippen LogP contribution in [0.15, 0.2) is 29.3 Å². The molecule has 0 bridgehead atoms.